The van der Waals surface area contributed by atoms with Crippen LogP contribution in [0.25, 0.3) is 11.1 Å². The van der Waals surface area contributed by atoms with E-state index < -0.39 is 5.97 Å². The molecule has 0 spiro atoms. The van der Waals surface area contributed by atoms with E-state index in [4.69, 9.17) is 16.3 Å². The molecule has 0 saturated heterocycles. The molecule has 0 unspecified atom stereocenters. The zero-order chi connectivity index (χ0) is 21.8. The third-order valence-corrected chi connectivity index (χ3v) is 6.32. The number of aromatic carboxylic acids is 1. The summed E-state index contributed by atoms with van der Waals surface area (Å²) < 4.78 is 6.16. The normalized spacial score (nSPS) is 13.5. The van der Waals surface area contributed by atoms with Crippen LogP contribution in [0.1, 0.15) is 46.6 Å². The fourth-order valence-electron chi connectivity index (χ4n) is 3.86. The Morgan fingerprint density at radius 1 is 1.10 bits per heavy atom. The number of ether oxygens (including phenoxy) is 1. The number of allylic oxidation sites excluding steroid dienone is 2. The Hall–Kier alpha value is -2.76. The highest BCUT2D eigenvalue weighted by atomic mass is 35.5. The first-order chi connectivity index (χ1) is 15.1. The smallest absolute Gasteiger partial charge is 0.355 e. The van der Waals surface area contributed by atoms with Gasteiger partial charge in [0, 0.05) is 15.5 Å². The van der Waals surface area contributed by atoms with E-state index in [0.29, 0.717) is 22.2 Å². The van der Waals surface area contributed by atoms with Crippen molar-refractivity contribution < 1.29 is 14.6 Å². The summed E-state index contributed by atoms with van der Waals surface area (Å²) in [5.74, 6) is -0.247. The number of hydrogen-bond acceptors (Lipinski definition) is 4. The molecule has 0 atom stereocenters. The maximum Gasteiger partial charge on any atom is 0.355 e. The van der Waals surface area contributed by atoms with Gasteiger partial charge in [0.1, 0.15) is 12.4 Å². The molecule has 0 radical (unpaired) electrons. The number of pyridine rings is 1. The second-order valence-electron chi connectivity index (χ2n) is 7.28. The number of hydrogen-bond donors (Lipinski definition) is 1. The van der Waals surface area contributed by atoms with Crippen molar-refractivity contribution in [2.45, 2.75) is 30.8 Å². The van der Waals surface area contributed by atoms with Crippen molar-refractivity contribution in [1.29, 1.82) is 0 Å². The van der Waals surface area contributed by atoms with Gasteiger partial charge in [-0.2, -0.15) is 0 Å². The van der Waals surface area contributed by atoms with Crippen molar-refractivity contribution in [3.63, 3.8) is 0 Å². The number of rotatable bonds is 7. The molecular weight excluding hydrogens is 430 g/mol. The van der Waals surface area contributed by atoms with Crippen molar-refractivity contribution >= 4 is 40.5 Å². The molecule has 0 aliphatic heterocycles. The number of carboxylic acid groups (broad SMARTS) is 1. The second-order valence-corrected chi connectivity index (χ2v) is 8.56. The van der Waals surface area contributed by atoms with Crippen molar-refractivity contribution in [1.82, 2.24) is 4.98 Å². The van der Waals surface area contributed by atoms with Gasteiger partial charge in [-0.15, -0.1) is 11.8 Å². The first-order valence-corrected chi connectivity index (χ1v) is 11.6. The number of nitrogens with zero attached hydrogens (tertiary/aromatic N) is 1. The van der Waals surface area contributed by atoms with Crippen LogP contribution in [0.5, 0.6) is 5.75 Å². The van der Waals surface area contributed by atoms with E-state index >= 15 is 0 Å². The lowest BCUT2D eigenvalue weighted by molar-refractivity contribution is 0.0686. The minimum Gasteiger partial charge on any atom is -0.488 e. The van der Waals surface area contributed by atoms with Gasteiger partial charge in [0.25, 0.3) is 0 Å². The van der Waals surface area contributed by atoms with Crippen molar-refractivity contribution in [2.75, 3.05) is 6.26 Å². The van der Waals surface area contributed by atoms with Crippen LogP contribution in [0.2, 0.25) is 5.02 Å². The molecule has 1 heterocycles. The lowest BCUT2D eigenvalue weighted by Gasteiger charge is -2.15. The van der Waals surface area contributed by atoms with Gasteiger partial charge in [-0.1, -0.05) is 41.9 Å². The number of carbonyl (C=O) groups is 1. The molecule has 6 heteroatoms. The first kappa shape index (κ1) is 21.5. The molecule has 1 N–H and O–H groups in total. The topological polar surface area (TPSA) is 59.4 Å². The molecule has 2 aromatic carbocycles. The van der Waals surface area contributed by atoms with Gasteiger partial charge in [-0.25, -0.2) is 9.78 Å². The van der Waals surface area contributed by atoms with Gasteiger partial charge in [0.2, 0.25) is 0 Å². The molecule has 3 aromatic rings. The maximum atomic E-state index is 11.7. The van der Waals surface area contributed by atoms with Crippen LogP contribution in [-0.2, 0) is 6.61 Å². The molecular formula is C25H22ClNO3S. The van der Waals surface area contributed by atoms with Gasteiger partial charge in [-0.05, 0) is 72.6 Å². The monoisotopic (exact) mass is 451 g/mol. The number of benzene rings is 2. The lowest BCUT2D eigenvalue weighted by Crippen LogP contribution is -2.05. The summed E-state index contributed by atoms with van der Waals surface area (Å²) in [5.41, 5.74) is 5.01. The Morgan fingerprint density at radius 2 is 1.87 bits per heavy atom. The van der Waals surface area contributed by atoms with Crippen LogP contribution in [0, 0.1) is 0 Å². The van der Waals surface area contributed by atoms with E-state index in [-0.39, 0.29) is 5.69 Å². The third-order valence-electron chi connectivity index (χ3n) is 5.31. The summed E-state index contributed by atoms with van der Waals surface area (Å²) in [6, 6.07) is 19.4. The van der Waals surface area contributed by atoms with Crippen molar-refractivity contribution in [3.05, 3.63) is 88.2 Å². The molecule has 4 rings (SSSR count). The summed E-state index contributed by atoms with van der Waals surface area (Å²) >= 11 is 7.72. The van der Waals surface area contributed by atoms with Crippen LogP contribution < -0.4 is 4.74 Å². The molecule has 158 valence electrons. The number of aromatic nitrogens is 1. The fraction of sp³-hybridized carbons (Fsp3) is 0.200. The number of halogens is 1. The fourth-order valence-corrected chi connectivity index (χ4v) is 4.56. The predicted octanol–water partition coefficient (Wildman–Crippen LogP) is 6.83. The van der Waals surface area contributed by atoms with E-state index in [2.05, 4.69) is 4.98 Å². The molecule has 1 aromatic heterocycles. The third kappa shape index (κ3) is 4.78. The molecule has 31 heavy (non-hydrogen) atoms. The zero-order valence-corrected chi connectivity index (χ0v) is 18.7. The zero-order valence-electron chi connectivity index (χ0n) is 17.1. The van der Waals surface area contributed by atoms with Crippen molar-refractivity contribution in [2.24, 2.45) is 0 Å². The highest BCUT2D eigenvalue weighted by Crippen LogP contribution is 2.43. The van der Waals surface area contributed by atoms with E-state index in [0.717, 1.165) is 47.3 Å². The van der Waals surface area contributed by atoms with Gasteiger partial charge in [-0.3, -0.25) is 0 Å². The van der Waals surface area contributed by atoms with Gasteiger partial charge >= 0.3 is 5.97 Å². The second kappa shape index (κ2) is 9.58. The summed E-state index contributed by atoms with van der Waals surface area (Å²) in [4.78, 5) is 16.8. The Bertz CT molecular complexity index is 1140. The molecule has 1 aliphatic rings. The average Bonchev–Trinajstić information content (AvgIpc) is 3.28. The number of carboxylic acids is 1. The summed E-state index contributed by atoms with van der Waals surface area (Å²) in [6.07, 6.45) is 4.53. The Morgan fingerprint density at radius 3 is 2.61 bits per heavy atom. The van der Waals surface area contributed by atoms with Crippen molar-refractivity contribution in [3.8, 4) is 5.75 Å². The van der Waals surface area contributed by atoms with Gasteiger partial charge in [0.15, 0.2) is 5.69 Å². The first-order valence-electron chi connectivity index (χ1n) is 10.0. The molecule has 4 nitrogen and oxygen atoms in total. The summed E-state index contributed by atoms with van der Waals surface area (Å²) in [7, 11) is 0. The van der Waals surface area contributed by atoms with Crippen LogP contribution in [-0.4, -0.2) is 22.3 Å². The van der Waals surface area contributed by atoms with Crippen LogP contribution in [0.3, 0.4) is 0 Å². The van der Waals surface area contributed by atoms with E-state index in [1.807, 2.05) is 66.9 Å². The highest BCUT2D eigenvalue weighted by molar-refractivity contribution is 7.98. The standard InChI is InChI=1S/C25H22ClNO3S/c1-31-23-13-11-21(27-24(23)25(28)29)19-9-5-8-18(19)20-14-17(26)10-12-22(20)30-15-16-6-3-2-4-7-16/h2-4,6-7,10-14H,5,8-9,15H2,1H3,(H,28,29). The predicted molar refractivity (Wildman–Crippen MR) is 126 cm³/mol. The van der Waals surface area contributed by atoms with E-state index in [1.54, 1.807) is 0 Å². The van der Waals surface area contributed by atoms with Crippen LogP contribution in [0.4, 0.5) is 0 Å². The van der Waals surface area contributed by atoms with Gasteiger partial charge < -0.3 is 9.84 Å². The Balaban J connectivity index is 1.74. The lowest BCUT2D eigenvalue weighted by atomic mass is 9.98. The van der Waals surface area contributed by atoms with Crippen LogP contribution >= 0.6 is 23.4 Å². The molecule has 1 aliphatic carbocycles. The molecule has 0 amide bonds. The average molecular weight is 452 g/mol. The minimum atomic E-state index is -1.01. The SMILES string of the molecule is CSc1ccc(C2=C(c3cc(Cl)ccc3OCc3ccccc3)CCC2)nc1C(=O)O. The minimum absolute atomic E-state index is 0.0930. The summed E-state index contributed by atoms with van der Waals surface area (Å²) in [6.45, 7) is 0.460. The number of thioether (sulfide) groups is 1. The molecule has 0 bridgehead atoms. The largest absolute Gasteiger partial charge is 0.488 e. The highest BCUT2D eigenvalue weighted by Gasteiger charge is 2.23. The quantitative estimate of drug-likeness (QED) is 0.399. The molecule has 0 fully saturated rings. The van der Waals surface area contributed by atoms with E-state index in [9.17, 15) is 9.90 Å². The van der Waals surface area contributed by atoms with Crippen LogP contribution in [0.15, 0.2) is 65.6 Å². The Labute approximate surface area is 190 Å². The Kier molecular flexibility index (Phi) is 6.64. The molecule has 0 saturated carbocycles. The summed E-state index contributed by atoms with van der Waals surface area (Å²) in [5, 5.41) is 10.2. The van der Waals surface area contributed by atoms with E-state index in [1.165, 1.54) is 11.8 Å². The van der Waals surface area contributed by atoms with Gasteiger partial charge in [0.05, 0.1) is 5.69 Å². The maximum absolute atomic E-state index is 11.7.